The molecular weight excluding hydrogens is 505 g/mol. The molecular formula is C24H22FN5O4S2. The minimum atomic E-state index is -4.00. The Kier molecular flexibility index (Phi) is 7.48. The van der Waals surface area contributed by atoms with Crippen molar-refractivity contribution in [3.8, 4) is 5.69 Å². The van der Waals surface area contributed by atoms with Crippen LogP contribution in [-0.4, -0.2) is 28.1 Å². The molecule has 0 aliphatic rings. The number of aromatic nitrogens is 3. The molecule has 0 spiro atoms. The largest absolute Gasteiger partial charge is 0.273 e. The van der Waals surface area contributed by atoms with E-state index in [0.717, 1.165) is 28.9 Å². The first-order valence-corrected chi connectivity index (χ1v) is 13.3. The quantitative estimate of drug-likeness (QED) is 0.186. The van der Waals surface area contributed by atoms with Crippen molar-refractivity contribution in [3.63, 3.8) is 0 Å². The number of halogens is 1. The standard InChI is InChI=1S/C24H22FN5O4S2/c1-16-3-9-20(10-4-16)29-23(26-27-24(29)35-15-18-5-7-19(25)8-6-18)17(2)28-36(33,34)22-13-11-21(12-14-22)30(31)32/h3-14,17,28H,15H2,1-2H3. The van der Waals surface area contributed by atoms with E-state index < -0.39 is 21.0 Å². The van der Waals surface area contributed by atoms with E-state index in [4.69, 9.17) is 0 Å². The van der Waals surface area contributed by atoms with Crippen molar-refractivity contribution in [1.29, 1.82) is 0 Å². The zero-order valence-corrected chi connectivity index (χ0v) is 21.0. The molecule has 0 aliphatic carbocycles. The van der Waals surface area contributed by atoms with Crippen LogP contribution in [0.15, 0.2) is 82.8 Å². The van der Waals surface area contributed by atoms with Crippen LogP contribution in [0.1, 0.15) is 29.9 Å². The molecule has 0 amide bonds. The van der Waals surface area contributed by atoms with Crippen molar-refractivity contribution in [2.24, 2.45) is 0 Å². The molecule has 0 saturated heterocycles. The van der Waals surface area contributed by atoms with Crippen LogP contribution < -0.4 is 4.72 Å². The van der Waals surface area contributed by atoms with Gasteiger partial charge >= 0.3 is 0 Å². The van der Waals surface area contributed by atoms with E-state index in [1.807, 2.05) is 31.2 Å². The van der Waals surface area contributed by atoms with Gasteiger partial charge in [0.2, 0.25) is 10.0 Å². The van der Waals surface area contributed by atoms with Gasteiger partial charge in [-0.05, 0) is 55.8 Å². The summed E-state index contributed by atoms with van der Waals surface area (Å²) in [6.45, 7) is 3.61. The van der Waals surface area contributed by atoms with Crippen LogP contribution >= 0.6 is 11.8 Å². The Labute approximate surface area is 211 Å². The summed E-state index contributed by atoms with van der Waals surface area (Å²) in [5.41, 5.74) is 2.50. The molecule has 4 aromatic rings. The van der Waals surface area contributed by atoms with Gasteiger partial charge in [-0.1, -0.05) is 41.6 Å². The molecule has 1 heterocycles. The fraction of sp³-hybridized carbons (Fsp3) is 0.167. The molecule has 0 aliphatic heterocycles. The van der Waals surface area contributed by atoms with Crippen molar-refractivity contribution in [1.82, 2.24) is 19.5 Å². The fourth-order valence-corrected chi connectivity index (χ4v) is 5.54. The van der Waals surface area contributed by atoms with Gasteiger partial charge in [-0.25, -0.2) is 17.5 Å². The lowest BCUT2D eigenvalue weighted by atomic mass is 10.2. The Balaban J connectivity index is 1.63. The fourth-order valence-electron chi connectivity index (χ4n) is 3.42. The van der Waals surface area contributed by atoms with Crippen molar-refractivity contribution < 1.29 is 17.7 Å². The van der Waals surface area contributed by atoms with Gasteiger partial charge in [-0.3, -0.25) is 14.7 Å². The number of hydrogen-bond acceptors (Lipinski definition) is 7. The molecule has 0 saturated carbocycles. The summed E-state index contributed by atoms with van der Waals surface area (Å²) in [5, 5.41) is 20.0. The predicted molar refractivity (Wildman–Crippen MR) is 134 cm³/mol. The Bertz CT molecular complexity index is 1470. The summed E-state index contributed by atoms with van der Waals surface area (Å²) in [6, 6.07) is 17.7. The van der Waals surface area contributed by atoms with E-state index in [2.05, 4.69) is 14.9 Å². The Morgan fingerprint density at radius 3 is 2.28 bits per heavy atom. The molecule has 9 nitrogen and oxygen atoms in total. The lowest BCUT2D eigenvalue weighted by molar-refractivity contribution is -0.384. The topological polar surface area (TPSA) is 120 Å². The average molecular weight is 528 g/mol. The van der Waals surface area contributed by atoms with Gasteiger partial charge in [0.1, 0.15) is 5.82 Å². The monoisotopic (exact) mass is 527 g/mol. The smallest absolute Gasteiger partial charge is 0.269 e. The number of sulfonamides is 1. The second kappa shape index (κ2) is 10.6. The summed E-state index contributed by atoms with van der Waals surface area (Å²) in [4.78, 5) is 10.2. The molecule has 186 valence electrons. The van der Waals surface area contributed by atoms with Crippen LogP contribution in [0.2, 0.25) is 0 Å². The zero-order chi connectivity index (χ0) is 25.9. The Morgan fingerprint density at radius 1 is 1.03 bits per heavy atom. The molecule has 0 bridgehead atoms. The number of aryl methyl sites for hydroxylation is 1. The molecule has 1 unspecified atom stereocenters. The third kappa shape index (κ3) is 5.78. The lowest BCUT2D eigenvalue weighted by Crippen LogP contribution is -2.28. The van der Waals surface area contributed by atoms with Gasteiger partial charge in [0.25, 0.3) is 5.69 Å². The summed E-state index contributed by atoms with van der Waals surface area (Å²) >= 11 is 1.39. The highest BCUT2D eigenvalue weighted by Crippen LogP contribution is 2.28. The molecule has 12 heteroatoms. The minimum absolute atomic E-state index is 0.104. The number of nitro groups is 1. The first-order chi connectivity index (χ1) is 17.1. The third-order valence-electron chi connectivity index (χ3n) is 5.31. The summed E-state index contributed by atoms with van der Waals surface area (Å²) in [6.07, 6.45) is 0. The van der Waals surface area contributed by atoms with Gasteiger partial charge in [0, 0.05) is 23.6 Å². The van der Waals surface area contributed by atoms with Crippen LogP contribution in [0.3, 0.4) is 0 Å². The van der Waals surface area contributed by atoms with Crippen molar-refractivity contribution in [2.45, 2.75) is 35.7 Å². The highest BCUT2D eigenvalue weighted by molar-refractivity contribution is 7.98. The van der Waals surface area contributed by atoms with Crippen LogP contribution in [0.4, 0.5) is 10.1 Å². The molecule has 1 aromatic heterocycles. The van der Waals surface area contributed by atoms with E-state index in [9.17, 15) is 22.9 Å². The first-order valence-electron chi connectivity index (χ1n) is 10.8. The predicted octanol–water partition coefficient (Wildman–Crippen LogP) is 4.95. The van der Waals surface area contributed by atoms with E-state index >= 15 is 0 Å². The highest BCUT2D eigenvalue weighted by Gasteiger charge is 2.25. The Hall–Kier alpha value is -3.61. The number of hydrogen-bond donors (Lipinski definition) is 1. The van der Waals surface area contributed by atoms with Gasteiger partial charge < -0.3 is 0 Å². The molecule has 1 atom stereocenters. The number of nitro benzene ring substituents is 1. The van der Waals surface area contributed by atoms with E-state index in [-0.39, 0.29) is 16.4 Å². The number of benzene rings is 3. The first kappa shape index (κ1) is 25.5. The third-order valence-corrected chi connectivity index (χ3v) is 7.87. The number of nitrogens with one attached hydrogen (secondary N) is 1. The maximum Gasteiger partial charge on any atom is 0.269 e. The highest BCUT2D eigenvalue weighted by atomic mass is 32.2. The van der Waals surface area contributed by atoms with Gasteiger partial charge in [-0.2, -0.15) is 0 Å². The van der Waals surface area contributed by atoms with Gasteiger partial charge in [-0.15, -0.1) is 10.2 Å². The molecule has 0 fully saturated rings. The zero-order valence-electron chi connectivity index (χ0n) is 19.3. The van der Waals surface area contributed by atoms with Crippen LogP contribution in [0.5, 0.6) is 0 Å². The van der Waals surface area contributed by atoms with Crippen LogP contribution in [0, 0.1) is 22.9 Å². The number of rotatable bonds is 9. The van der Waals surface area contributed by atoms with Crippen molar-refractivity contribution in [3.05, 3.63) is 106 Å². The maximum atomic E-state index is 13.3. The van der Waals surface area contributed by atoms with Crippen molar-refractivity contribution >= 4 is 27.5 Å². The normalized spacial score (nSPS) is 12.4. The minimum Gasteiger partial charge on any atom is -0.273 e. The average Bonchev–Trinajstić information content (AvgIpc) is 3.28. The molecule has 0 radical (unpaired) electrons. The summed E-state index contributed by atoms with van der Waals surface area (Å²) < 4.78 is 43.5. The SMILES string of the molecule is Cc1ccc(-n2c(SCc3ccc(F)cc3)nnc2C(C)NS(=O)(=O)c2ccc([N+](=O)[O-])cc2)cc1. The van der Waals surface area contributed by atoms with Gasteiger partial charge in [0.15, 0.2) is 11.0 Å². The number of non-ortho nitro benzene ring substituents is 1. The van der Waals surface area contributed by atoms with Crippen LogP contribution in [0.25, 0.3) is 5.69 Å². The molecule has 36 heavy (non-hydrogen) atoms. The van der Waals surface area contributed by atoms with E-state index in [0.29, 0.717) is 16.7 Å². The second-order valence-corrected chi connectivity index (χ2v) is 10.7. The van der Waals surface area contributed by atoms with Crippen molar-refractivity contribution in [2.75, 3.05) is 0 Å². The number of nitrogens with zero attached hydrogens (tertiary/aromatic N) is 4. The Morgan fingerprint density at radius 2 is 1.67 bits per heavy atom. The lowest BCUT2D eigenvalue weighted by Gasteiger charge is -2.17. The van der Waals surface area contributed by atoms with E-state index in [1.54, 1.807) is 23.6 Å². The molecule has 3 aromatic carbocycles. The second-order valence-electron chi connectivity index (χ2n) is 8.02. The summed E-state index contributed by atoms with van der Waals surface area (Å²) in [5.74, 6) is 0.557. The van der Waals surface area contributed by atoms with Crippen LogP contribution in [-0.2, 0) is 15.8 Å². The van der Waals surface area contributed by atoms with Gasteiger partial charge in [0.05, 0.1) is 15.9 Å². The molecule has 4 rings (SSSR count). The summed E-state index contributed by atoms with van der Waals surface area (Å²) in [7, 11) is -4.00. The molecule has 1 N–H and O–H groups in total. The number of thioether (sulfide) groups is 1. The van der Waals surface area contributed by atoms with E-state index in [1.165, 1.54) is 36.0 Å². The maximum absolute atomic E-state index is 13.3.